The fraction of sp³-hybridized carbons (Fsp3) is 0.444. The van der Waals surface area contributed by atoms with Gasteiger partial charge in [0.25, 0.3) is 0 Å². The lowest BCUT2D eigenvalue weighted by atomic mass is 9.74. The molecule has 3 N–H and O–H groups in total. The molecule has 2 heterocycles. The monoisotopic (exact) mass is 402 g/mol. The van der Waals surface area contributed by atoms with Gasteiger partial charge in [0.1, 0.15) is 11.4 Å². The van der Waals surface area contributed by atoms with Crippen LogP contribution in [-0.2, 0) is 10.0 Å². The molecular formula is C18H23BN4O4S. The normalized spacial score (nSPS) is 19.0. The average Bonchev–Trinajstić information content (AvgIpc) is 3.05. The zero-order chi connectivity index (χ0) is 20.3. The van der Waals surface area contributed by atoms with Gasteiger partial charge in [0.15, 0.2) is 0 Å². The number of hydrogen-bond acceptors (Lipinski definition) is 6. The van der Waals surface area contributed by atoms with Gasteiger partial charge in [-0.05, 0) is 43.6 Å². The molecule has 8 nitrogen and oxygen atoms in total. The minimum absolute atomic E-state index is 0.0383. The van der Waals surface area contributed by atoms with E-state index in [-0.39, 0.29) is 24.1 Å². The van der Waals surface area contributed by atoms with Crippen LogP contribution in [0.2, 0.25) is 6.82 Å². The number of allylic oxidation sites excluding steroid dienone is 1. The molecule has 1 aliphatic rings. The minimum Gasteiger partial charge on any atom is -0.535 e. The Morgan fingerprint density at radius 3 is 3.00 bits per heavy atom. The molecule has 0 radical (unpaired) electrons. The van der Waals surface area contributed by atoms with Crippen molar-refractivity contribution in [1.82, 2.24) is 14.7 Å². The van der Waals surface area contributed by atoms with Crippen LogP contribution < -0.4 is 9.38 Å². The predicted molar refractivity (Wildman–Crippen MR) is 108 cm³/mol. The number of nitrogens with one attached hydrogen (secondary N) is 2. The second-order valence-electron chi connectivity index (χ2n) is 7.04. The Kier molecular flexibility index (Phi) is 6.08. The Morgan fingerprint density at radius 2 is 2.32 bits per heavy atom. The van der Waals surface area contributed by atoms with E-state index in [9.17, 15) is 13.4 Å². The number of fused-ring (bicyclic) bond motifs is 1. The molecule has 1 fully saturated rings. The highest BCUT2D eigenvalue weighted by atomic mass is 32.2. The molecule has 2 aromatic rings. The number of unbranched alkanes of at least 4 members (excludes halogenated alkanes) is 1. The van der Waals surface area contributed by atoms with Gasteiger partial charge >= 0.3 is 7.12 Å². The van der Waals surface area contributed by atoms with Crippen molar-refractivity contribution in [2.45, 2.75) is 38.5 Å². The minimum atomic E-state index is -3.38. The first-order chi connectivity index (χ1) is 13.3. The molecule has 0 spiro atoms. The molecule has 0 amide bonds. The molecule has 0 bridgehead atoms. The van der Waals surface area contributed by atoms with Crippen molar-refractivity contribution in [2.24, 2.45) is 5.92 Å². The maximum atomic E-state index is 12.1. The molecule has 10 heteroatoms. The van der Waals surface area contributed by atoms with Crippen LogP contribution in [0, 0.1) is 17.2 Å². The van der Waals surface area contributed by atoms with E-state index in [0.717, 1.165) is 16.5 Å². The van der Waals surface area contributed by atoms with Crippen LogP contribution in [0.1, 0.15) is 31.2 Å². The Labute approximate surface area is 164 Å². The number of hydrogen-bond donors (Lipinski definition) is 3. The maximum absolute atomic E-state index is 12.1. The molecule has 0 aromatic carbocycles. The van der Waals surface area contributed by atoms with Crippen LogP contribution in [0.3, 0.4) is 0 Å². The summed E-state index contributed by atoms with van der Waals surface area (Å²) in [5, 5.41) is 19.0. The summed E-state index contributed by atoms with van der Waals surface area (Å²) in [6, 6.07) is 3.69. The molecule has 0 atom stereocenters. The summed E-state index contributed by atoms with van der Waals surface area (Å²) in [5.74, 6) is 0.514. The molecular weight excluding hydrogens is 379 g/mol. The molecule has 3 rings (SSSR count). The third kappa shape index (κ3) is 4.55. The second-order valence-corrected chi connectivity index (χ2v) is 8.92. The van der Waals surface area contributed by atoms with E-state index < -0.39 is 17.1 Å². The fourth-order valence-electron chi connectivity index (χ4n) is 3.45. The molecule has 28 heavy (non-hydrogen) atoms. The summed E-state index contributed by atoms with van der Waals surface area (Å²) in [6.45, 7) is 5.74. The summed E-state index contributed by atoms with van der Waals surface area (Å²) in [4.78, 5) is 7.34. The van der Waals surface area contributed by atoms with Crippen LogP contribution in [0.25, 0.3) is 16.6 Å². The first kappa shape index (κ1) is 20.4. The Bertz CT molecular complexity index is 1010. The van der Waals surface area contributed by atoms with Crippen molar-refractivity contribution in [3.05, 3.63) is 30.6 Å². The van der Waals surface area contributed by atoms with E-state index in [1.54, 1.807) is 12.4 Å². The van der Waals surface area contributed by atoms with E-state index in [2.05, 4.69) is 21.3 Å². The van der Waals surface area contributed by atoms with Gasteiger partial charge in [0.05, 0.1) is 18.0 Å². The van der Waals surface area contributed by atoms with Crippen LogP contribution in [0.5, 0.6) is 5.75 Å². The number of H-pyrrole nitrogens is 1. The van der Waals surface area contributed by atoms with Crippen LogP contribution >= 0.6 is 0 Å². The predicted octanol–water partition coefficient (Wildman–Crippen LogP) is 2.07. The van der Waals surface area contributed by atoms with Crippen molar-refractivity contribution in [2.75, 3.05) is 5.75 Å². The molecule has 1 saturated carbocycles. The largest absolute Gasteiger partial charge is 0.535 e. The molecule has 1 aliphatic carbocycles. The van der Waals surface area contributed by atoms with Crippen molar-refractivity contribution in [3.8, 4) is 11.8 Å². The Balaban J connectivity index is 1.69. The first-order valence-electron chi connectivity index (χ1n) is 9.17. The number of aromatic amines is 1. The topological polar surface area (TPSA) is 128 Å². The Morgan fingerprint density at radius 1 is 1.57 bits per heavy atom. The van der Waals surface area contributed by atoms with Gasteiger partial charge in [-0.15, -0.1) is 0 Å². The number of rotatable bonds is 9. The quantitative estimate of drug-likeness (QED) is 0.435. The van der Waals surface area contributed by atoms with E-state index >= 15 is 0 Å². The van der Waals surface area contributed by atoms with Crippen molar-refractivity contribution < 1.29 is 18.1 Å². The van der Waals surface area contributed by atoms with Crippen molar-refractivity contribution >= 4 is 33.7 Å². The summed E-state index contributed by atoms with van der Waals surface area (Å²) < 4.78 is 32.3. The van der Waals surface area contributed by atoms with Crippen LogP contribution in [0.4, 0.5) is 0 Å². The lowest BCUT2D eigenvalue weighted by molar-refractivity contribution is 0.310. The highest BCUT2D eigenvalue weighted by molar-refractivity contribution is 7.89. The van der Waals surface area contributed by atoms with E-state index in [1.807, 2.05) is 12.1 Å². The van der Waals surface area contributed by atoms with Crippen molar-refractivity contribution in [3.63, 3.8) is 0 Å². The number of aromatic nitrogens is 2. The molecule has 0 aliphatic heterocycles. The molecule has 0 unspecified atom stereocenters. The van der Waals surface area contributed by atoms with Crippen molar-refractivity contribution in [1.29, 1.82) is 5.26 Å². The van der Waals surface area contributed by atoms with E-state index in [0.29, 0.717) is 30.7 Å². The summed E-state index contributed by atoms with van der Waals surface area (Å²) in [5.41, 5.74) is 2.32. The lowest BCUT2D eigenvalue weighted by Crippen LogP contribution is -2.45. The van der Waals surface area contributed by atoms with Gasteiger partial charge in [-0.2, -0.15) is 5.26 Å². The number of sulfonamides is 1. The van der Waals surface area contributed by atoms with Crippen LogP contribution in [-0.4, -0.2) is 42.3 Å². The number of nitriles is 1. The zero-order valence-corrected chi connectivity index (χ0v) is 16.5. The first-order valence-corrected chi connectivity index (χ1v) is 10.8. The van der Waals surface area contributed by atoms with Gasteiger partial charge in [0, 0.05) is 29.6 Å². The number of nitrogens with zero attached hydrogens (tertiary/aromatic N) is 2. The average molecular weight is 402 g/mol. The van der Waals surface area contributed by atoms with E-state index in [4.69, 9.17) is 9.92 Å². The summed E-state index contributed by atoms with van der Waals surface area (Å²) in [7, 11) is -4.37. The van der Waals surface area contributed by atoms with Gasteiger partial charge in [0.2, 0.25) is 10.0 Å². The third-order valence-electron chi connectivity index (χ3n) is 4.85. The third-order valence-corrected chi connectivity index (χ3v) is 6.37. The fourth-order valence-corrected chi connectivity index (χ4v) is 4.79. The molecule has 148 valence electrons. The van der Waals surface area contributed by atoms with Gasteiger partial charge in [-0.3, -0.25) is 0 Å². The smallest absolute Gasteiger partial charge is 0.519 e. The van der Waals surface area contributed by atoms with E-state index in [1.165, 1.54) is 6.82 Å². The second kappa shape index (κ2) is 8.35. The van der Waals surface area contributed by atoms with Gasteiger partial charge in [-0.25, -0.2) is 18.1 Å². The van der Waals surface area contributed by atoms with Gasteiger partial charge in [-0.1, -0.05) is 6.58 Å². The summed E-state index contributed by atoms with van der Waals surface area (Å²) in [6.07, 6.45) is 5.17. The SMILES string of the molecule is C=C(c1c(OB(C)O)cnc2[nH]ccc12)[C@H]1C[C@@H](NS(=O)(=O)CCCC#N)C1. The standard InChI is InChI=1S/C18H23BN4O4S/c1-12(13-9-14(10-13)23-28(25,26)8-4-3-6-20)17-15-5-7-21-18(15)22-11-16(17)27-19(2)24/h5,7,11,13-14,23-24H,1,3-4,8-10H2,2H3,(H,21,22)/t13-,14+. The number of pyridine rings is 1. The van der Waals surface area contributed by atoms with Crippen LogP contribution in [0.15, 0.2) is 25.0 Å². The summed E-state index contributed by atoms with van der Waals surface area (Å²) >= 11 is 0. The molecule has 0 saturated heterocycles. The van der Waals surface area contributed by atoms with Gasteiger partial charge < -0.3 is 14.7 Å². The maximum Gasteiger partial charge on any atom is 0.519 e. The Hall–Kier alpha value is -2.35. The zero-order valence-electron chi connectivity index (χ0n) is 15.7. The lowest BCUT2D eigenvalue weighted by Gasteiger charge is -2.37. The highest BCUT2D eigenvalue weighted by Crippen LogP contribution is 2.43. The highest BCUT2D eigenvalue weighted by Gasteiger charge is 2.35. The molecule has 2 aromatic heterocycles.